The molecule has 0 radical (unpaired) electrons. The number of rotatable bonds is 7. The molecule has 1 aliphatic carbocycles. The second-order valence-corrected chi connectivity index (χ2v) is 11.0. The van der Waals surface area contributed by atoms with Crippen LogP contribution in [0.15, 0.2) is 41.3 Å². The molecule has 1 saturated carbocycles. The third kappa shape index (κ3) is 4.47. The molecule has 9 heteroatoms. The lowest BCUT2D eigenvalue weighted by atomic mass is 10.2. The van der Waals surface area contributed by atoms with Gasteiger partial charge in [-0.05, 0) is 68.1 Å². The standard InChI is InChI=1S/C23H25ClN2O5S/c1-14(11-22(27)25-17-5-8-21(31-2)19(24)13-17)32(29,30)18-6-7-20-16(12-18)9-10-26(20)23(28)15-3-4-15/h5-8,12-15H,3-4,9-11H2,1-2H3,(H,25,27)/t14-/m0/s1. The van der Waals surface area contributed by atoms with Crippen LogP contribution in [0.2, 0.25) is 5.02 Å². The molecule has 2 aromatic carbocycles. The zero-order valence-electron chi connectivity index (χ0n) is 17.9. The number of halogens is 1. The van der Waals surface area contributed by atoms with E-state index in [1.54, 1.807) is 35.2 Å². The second-order valence-electron chi connectivity index (χ2n) is 8.26. The van der Waals surface area contributed by atoms with Crippen molar-refractivity contribution >= 4 is 44.6 Å². The molecule has 2 aromatic rings. The van der Waals surface area contributed by atoms with Gasteiger partial charge in [0.1, 0.15) is 5.75 Å². The lowest BCUT2D eigenvalue weighted by Gasteiger charge is -2.18. The monoisotopic (exact) mass is 476 g/mol. The fraction of sp³-hybridized carbons (Fsp3) is 0.391. The molecule has 2 aliphatic rings. The molecule has 1 aliphatic heterocycles. The van der Waals surface area contributed by atoms with E-state index in [1.807, 2.05) is 0 Å². The molecular formula is C23H25ClN2O5S. The number of methoxy groups -OCH3 is 1. The Balaban J connectivity index is 1.44. The van der Waals surface area contributed by atoms with Crippen LogP contribution in [-0.4, -0.2) is 39.1 Å². The van der Waals surface area contributed by atoms with Crippen molar-refractivity contribution < 1.29 is 22.7 Å². The van der Waals surface area contributed by atoms with E-state index in [1.165, 1.54) is 20.1 Å². The molecule has 1 heterocycles. The maximum absolute atomic E-state index is 13.1. The average Bonchev–Trinajstić information content (AvgIpc) is 3.52. The van der Waals surface area contributed by atoms with Gasteiger partial charge in [0.2, 0.25) is 11.8 Å². The van der Waals surface area contributed by atoms with Crippen LogP contribution in [-0.2, 0) is 25.8 Å². The van der Waals surface area contributed by atoms with Crippen LogP contribution in [0, 0.1) is 5.92 Å². The predicted molar refractivity (Wildman–Crippen MR) is 123 cm³/mol. The lowest BCUT2D eigenvalue weighted by Crippen LogP contribution is -2.30. The molecule has 1 fully saturated rings. The number of nitrogens with one attached hydrogen (secondary N) is 1. The second kappa shape index (κ2) is 8.75. The van der Waals surface area contributed by atoms with Gasteiger partial charge in [-0.25, -0.2) is 8.42 Å². The molecule has 0 unspecified atom stereocenters. The molecule has 4 rings (SSSR count). The number of fused-ring (bicyclic) bond motifs is 1. The largest absolute Gasteiger partial charge is 0.495 e. The summed E-state index contributed by atoms with van der Waals surface area (Å²) >= 11 is 6.07. The van der Waals surface area contributed by atoms with E-state index in [9.17, 15) is 18.0 Å². The summed E-state index contributed by atoms with van der Waals surface area (Å²) in [7, 11) is -2.23. The fourth-order valence-corrected chi connectivity index (χ4v) is 5.55. The summed E-state index contributed by atoms with van der Waals surface area (Å²) in [5.74, 6) is 0.297. The maximum Gasteiger partial charge on any atom is 0.230 e. The minimum absolute atomic E-state index is 0.114. The first-order valence-corrected chi connectivity index (χ1v) is 12.4. The summed E-state index contributed by atoms with van der Waals surface area (Å²) in [4.78, 5) is 26.8. The molecule has 7 nitrogen and oxygen atoms in total. The van der Waals surface area contributed by atoms with E-state index in [4.69, 9.17) is 16.3 Å². The molecule has 1 atom stereocenters. The quantitative estimate of drug-likeness (QED) is 0.655. The third-order valence-corrected chi connectivity index (χ3v) is 8.34. The molecule has 1 N–H and O–H groups in total. The summed E-state index contributed by atoms with van der Waals surface area (Å²) in [6, 6.07) is 9.69. The van der Waals surface area contributed by atoms with E-state index in [0.29, 0.717) is 29.4 Å². The summed E-state index contributed by atoms with van der Waals surface area (Å²) in [5, 5.41) is 2.11. The Bertz CT molecular complexity index is 1180. The molecule has 170 valence electrons. The number of carbonyl (C=O) groups excluding carboxylic acids is 2. The van der Waals surface area contributed by atoms with E-state index in [2.05, 4.69) is 5.32 Å². The normalized spacial score (nSPS) is 16.4. The number of sulfone groups is 1. The van der Waals surface area contributed by atoms with Gasteiger partial charge in [-0.3, -0.25) is 9.59 Å². The number of hydrogen-bond acceptors (Lipinski definition) is 5. The first-order valence-electron chi connectivity index (χ1n) is 10.5. The van der Waals surface area contributed by atoms with E-state index in [-0.39, 0.29) is 23.1 Å². The number of hydrogen-bond donors (Lipinski definition) is 1. The summed E-state index contributed by atoms with van der Waals surface area (Å²) in [6.07, 6.45) is 2.29. The Morgan fingerprint density at radius 3 is 2.62 bits per heavy atom. The minimum atomic E-state index is -3.72. The van der Waals surface area contributed by atoms with Gasteiger partial charge in [-0.2, -0.15) is 0 Å². The Kier molecular flexibility index (Phi) is 6.18. The highest BCUT2D eigenvalue weighted by Gasteiger charge is 2.37. The summed E-state index contributed by atoms with van der Waals surface area (Å²) in [5.41, 5.74) is 2.11. The van der Waals surface area contributed by atoms with Crippen molar-refractivity contribution in [1.29, 1.82) is 0 Å². The Labute approximate surface area is 192 Å². The fourth-order valence-electron chi connectivity index (χ4n) is 3.89. The van der Waals surface area contributed by atoms with Gasteiger partial charge in [-0.1, -0.05) is 11.6 Å². The van der Waals surface area contributed by atoms with E-state index >= 15 is 0 Å². The molecule has 0 saturated heterocycles. The Morgan fingerprint density at radius 1 is 1.22 bits per heavy atom. The topological polar surface area (TPSA) is 92.8 Å². The molecule has 0 bridgehead atoms. The minimum Gasteiger partial charge on any atom is -0.495 e. The highest BCUT2D eigenvalue weighted by molar-refractivity contribution is 7.92. The number of anilines is 2. The van der Waals surface area contributed by atoms with Crippen LogP contribution >= 0.6 is 11.6 Å². The SMILES string of the molecule is COc1ccc(NC(=O)C[C@H](C)S(=O)(=O)c2ccc3c(c2)CCN3C(=O)C2CC2)cc1Cl. The van der Waals surface area contributed by atoms with Crippen LogP contribution < -0.4 is 15.0 Å². The number of carbonyl (C=O) groups is 2. The van der Waals surface area contributed by atoms with Gasteiger partial charge < -0.3 is 15.0 Å². The highest BCUT2D eigenvalue weighted by Crippen LogP contribution is 2.37. The van der Waals surface area contributed by atoms with Gasteiger partial charge in [-0.15, -0.1) is 0 Å². The van der Waals surface area contributed by atoms with Crippen LogP contribution in [0.4, 0.5) is 11.4 Å². The van der Waals surface area contributed by atoms with Gasteiger partial charge >= 0.3 is 0 Å². The van der Waals surface area contributed by atoms with Gasteiger partial charge in [0, 0.05) is 30.3 Å². The zero-order chi connectivity index (χ0) is 23.0. The Hall–Kier alpha value is -2.58. The number of benzene rings is 2. The van der Waals surface area contributed by atoms with E-state index < -0.39 is 21.0 Å². The van der Waals surface area contributed by atoms with Crippen LogP contribution in [0.5, 0.6) is 5.75 Å². The van der Waals surface area contributed by atoms with Gasteiger partial charge in [0.05, 0.1) is 22.3 Å². The van der Waals surface area contributed by atoms with Crippen molar-refractivity contribution in [3.8, 4) is 5.75 Å². The third-order valence-electron chi connectivity index (χ3n) is 5.91. The van der Waals surface area contributed by atoms with Crippen LogP contribution in [0.1, 0.15) is 31.7 Å². The van der Waals surface area contributed by atoms with Crippen molar-refractivity contribution in [2.45, 2.75) is 42.8 Å². The predicted octanol–water partition coefficient (Wildman–Crippen LogP) is 3.84. The molecule has 32 heavy (non-hydrogen) atoms. The van der Waals surface area contributed by atoms with Gasteiger partial charge in [0.25, 0.3) is 0 Å². The van der Waals surface area contributed by atoms with Crippen LogP contribution in [0.25, 0.3) is 0 Å². The number of nitrogens with zero attached hydrogens (tertiary/aromatic N) is 1. The zero-order valence-corrected chi connectivity index (χ0v) is 19.5. The first kappa shape index (κ1) is 22.6. The van der Waals surface area contributed by atoms with Crippen molar-refractivity contribution in [2.75, 3.05) is 23.9 Å². The Morgan fingerprint density at radius 2 is 1.97 bits per heavy atom. The molecule has 0 spiro atoms. The molecular weight excluding hydrogens is 452 g/mol. The number of ether oxygens (including phenoxy) is 1. The van der Waals surface area contributed by atoms with Crippen molar-refractivity contribution in [3.63, 3.8) is 0 Å². The lowest BCUT2D eigenvalue weighted by molar-refractivity contribution is -0.119. The van der Waals surface area contributed by atoms with Gasteiger partial charge in [0.15, 0.2) is 9.84 Å². The van der Waals surface area contributed by atoms with Crippen molar-refractivity contribution in [3.05, 3.63) is 47.0 Å². The van der Waals surface area contributed by atoms with Crippen molar-refractivity contribution in [2.24, 2.45) is 5.92 Å². The van der Waals surface area contributed by atoms with Crippen LogP contribution in [0.3, 0.4) is 0 Å². The summed E-state index contributed by atoms with van der Waals surface area (Å²) < 4.78 is 31.3. The van der Waals surface area contributed by atoms with Crippen molar-refractivity contribution in [1.82, 2.24) is 0 Å². The van der Waals surface area contributed by atoms with E-state index in [0.717, 1.165) is 24.1 Å². The average molecular weight is 477 g/mol. The first-order chi connectivity index (χ1) is 15.2. The number of amides is 2. The smallest absolute Gasteiger partial charge is 0.230 e. The highest BCUT2D eigenvalue weighted by atomic mass is 35.5. The maximum atomic E-state index is 13.1. The molecule has 2 amide bonds. The summed E-state index contributed by atoms with van der Waals surface area (Å²) in [6.45, 7) is 2.10. The molecule has 0 aromatic heterocycles.